The van der Waals surface area contributed by atoms with Crippen LogP contribution in [-0.4, -0.2) is 16.8 Å². The standard InChI is InChI=1S/C10H9BF3N2/c1-16-10(11(12,13)14)7-9(15-16)8-5-3-2-4-6-8/h2-7H,1H3/q-1. The summed E-state index contributed by atoms with van der Waals surface area (Å²) in [5, 5.41) is 3.86. The van der Waals surface area contributed by atoms with Gasteiger partial charge in [0.2, 0.25) is 0 Å². The van der Waals surface area contributed by atoms with Gasteiger partial charge < -0.3 is 17.6 Å². The molecule has 0 aliphatic carbocycles. The van der Waals surface area contributed by atoms with E-state index in [2.05, 4.69) is 5.10 Å². The normalized spacial score (nSPS) is 11.8. The highest BCUT2D eigenvalue weighted by Crippen LogP contribution is 2.17. The molecule has 0 saturated carbocycles. The number of rotatable bonds is 2. The summed E-state index contributed by atoms with van der Waals surface area (Å²) in [5.74, 6) is 0. The van der Waals surface area contributed by atoms with Gasteiger partial charge in [0.1, 0.15) is 0 Å². The van der Waals surface area contributed by atoms with E-state index in [9.17, 15) is 12.9 Å². The van der Waals surface area contributed by atoms with E-state index in [0.717, 1.165) is 10.7 Å². The Labute approximate surface area is 90.8 Å². The Morgan fingerprint density at radius 2 is 1.75 bits per heavy atom. The maximum absolute atomic E-state index is 12.6. The Morgan fingerprint density at radius 3 is 2.25 bits per heavy atom. The summed E-state index contributed by atoms with van der Waals surface area (Å²) in [6.07, 6.45) is 0. The summed E-state index contributed by atoms with van der Waals surface area (Å²) in [6, 6.07) is 9.88. The van der Waals surface area contributed by atoms with E-state index in [1.165, 1.54) is 7.05 Å². The van der Waals surface area contributed by atoms with Crippen molar-refractivity contribution in [2.24, 2.45) is 7.05 Å². The highest BCUT2D eigenvalue weighted by Gasteiger charge is 2.30. The van der Waals surface area contributed by atoms with Crippen LogP contribution in [0.2, 0.25) is 0 Å². The van der Waals surface area contributed by atoms with Gasteiger partial charge in [-0.15, -0.1) is 0 Å². The van der Waals surface area contributed by atoms with E-state index in [1.54, 1.807) is 30.3 Å². The third-order valence-electron chi connectivity index (χ3n) is 2.32. The molecule has 84 valence electrons. The van der Waals surface area contributed by atoms with Crippen LogP contribution in [0.5, 0.6) is 0 Å². The fourth-order valence-electron chi connectivity index (χ4n) is 1.54. The van der Waals surface area contributed by atoms with Crippen LogP contribution in [0.4, 0.5) is 12.9 Å². The molecule has 0 aliphatic heterocycles. The van der Waals surface area contributed by atoms with Gasteiger partial charge in [0.05, 0.1) is 5.69 Å². The largest absolute Gasteiger partial charge is 0.527 e. The van der Waals surface area contributed by atoms with Gasteiger partial charge in [0.15, 0.2) is 0 Å². The average molecular weight is 225 g/mol. The first kappa shape index (κ1) is 10.8. The van der Waals surface area contributed by atoms with Crippen LogP contribution >= 0.6 is 0 Å². The molecule has 0 amide bonds. The fraction of sp³-hybridized carbons (Fsp3) is 0.100. The molecule has 1 heterocycles. The molecule has 0 aliphatic rings. The minimum atomic E-state index is -5.01. The van der Waals surface area contributed by atoms with Crippen LogP contribution in [0, 0.1) is 0 Å². The second-order valence-corrected chi connectivity index (χ2v) is 3.52. The van der Waals surface area contributed by atoms with Crippen LogP contribution in [0.25, 0.3) is 11.3 Å². The Kier molecular flexibility index (Phi) is 2.49. The first-order chi connectivity index (χ1) is 7.48. The molecule has 2 rings (SSSR count). The van der Waals surface area contributed by atoms with Crippen molar-refractivity contribution < 1.29 is 12.9 Å². The summed E-state index contributed by atoms with van der Waals surface area (Å²) in [5.41, 5.74) is 0.348. The lowest BCUT2D eigenvalue weighted by Gasteiger charge is -2.13. The van der Waals surface area contributed by atoms with Crippen molar-refractivity contribution in [3.8, 4) is 11.3 Å². The van der Waals surface area contributed by atoms with Gasteiger partial charge in [-0.1, -0.05) is 30.3 Å². The minimum absolute atomic E-state index is 0.345. The van der Waals surface area contributed by atoms with Gasteiger partial charge in [-0.25, -0.2) is 0 Å². The second kappa shape index (κ2) is 3.70. The highest BCUT2D eigenvalue weighted by atomic mass is 19.4. The molecule has 0 bridgehead atoms. The monoisotopic (exact) mass is 225 g/mol. The van der Waals surface area contributed by atoms with Crippen molar-refractivity contribution in [1.29, 1.82) is 0 Å². The number of benzene rings is 1. The first-order valence-corrected chi connectivity index (χ1v) is 4.78. The zero-order chi connectivity index (χ0) is 11.8. The van der Waals surface area contributed by atoms with E-state index in [1.807, 2.05) is 0 Å². The van der Waals surface area contributed by atoms with Crippen molar-refractivity contribution in [1.82, 2.24) is 9.78 Å². The highest BCUT2D eigenvalue weighted by molar-refractivity contribution is 6.72. The summed E-state index contributed by atoms with van der Waals surface area (Å²) in [7, 11) is 1.30. The molecular weight excluding hydrogens is 216 g/mol. The summed E-state index contributed by atoms with van der Waals surface area (Å²) in [6.45, 7) is -5.01. The van der Waals surface area contributed by atoms with E-state index in [4.69, 9.17) is 0 Å². The summed E-state index contributed by atoms with van der Waals surface area (Å²) < 4.78 is 38.6. The number of aryl methyl sites for hydroxylation is 1. The van der Waals surface area contributed by atoms with E-state index in [0.29, 0.717) is 11.3 Å². The van der Waals surface area contributed by atoms with Crippen molar-refractivity contribution in [3.63, 3.8) is 0 Å². The van der Waals surface area contributed by atoms with Gasteiger partial charge in [-0.05, 0) is 11.7 Å². The fourth-order valence-corrected chi connectivity index (χ4v) is 1.54. The molecule has 2 nitrogen and oxygen atoms in total. The van der Waals surface area contributed by atoms with Crippen LogP contribution in [-0.2, 0) is 7.05 Å². The second-order valence-electron chi connectivity index (χ2n) is 3.52. The molecule has 0 atom stereocenters. The molecule has 1 aromatic carbocycles. The van der Waals surface area contributed by atoms with Crippen molar-refractivity contribution in [2.45, 2.75) is 0 Å². The molecule has 0 saturated heterocycles. The topological polar surface area (TPSA) is 17.8 Å². The van der Waals surface area contributed by atoms with Gasteiger partial charge in [0, 0.05) is 12.6 Å². The van der Waals surface area contributed by atoms with Gasteiger partial charge in [-0.2, -0.15) is 5.10 Å². The predicted molar refractivity (Wildman–Crippen MR) is 57.4 cm³/mol. The van der Waals surface area contributed by atoms with E-state index < -0.39 is 12.6 Å². The lowest BCUT2D eigenvalue weighted by atomic mass is 9.85. The molecule has 16 heavy (non-hydrogen) atoms. The molecule has 0 spiro atoms. The quantitative estimate of drug-likeness (QED) is 0.716. The molecular formula is C10H9BF3N2-. The van der Waals surface area contributed by atoms with E-state index in [-0.39, 0.29) is 0 Å². The molecule has 0 radical (unpaired) electrons. The first-order valence-electron chi connectivity index (χ1n) is 4.78. The Bertz CT molecular complexity index is 491. The van der Waals surface area contributed by atoms with Crippen molar-refractivity contribution >= 4 is 12.6 Å². The number of nitrogens with zero attached hydrogens (tertiary/aromatic N) is 2. The molecule has 2 aromatic rings. The molecule has 0 unspecified atom stereocenters. The summed E-state index contributed by atoms with van der Waals surface area (Å²) in [4.78, 5) is 0. The molecule has 6 heteroatoms. The minimum Gasteiger partial charge on any atom is -0.444 e. The maximum Gasteiger partial charge on any atom is 0.527 e. The third-order valence-corrected chi connectivity index (χ3v) is 2.32. The molecule has 1 aromatic heterocycles. The number of halogens is 3. The number of aromatic nitrogens is 2. The van der Waals surface area contributed by atoms with Crippen molar-refractivity contribution in [3.05, 3.63) is 36.4 Å². The SMILES string of the molecule is Cn1nc(-c2ccccc2)cc1[B-](F)(F)F. The van der Waals surface area contributed by atoms with Crippen molar-refractivity contribution in [2.75, 3.05) is 0 Å². The zero-order valence-electron chi connectivity index (χ0n) is 8.57. The summed E-state index contributed by atoms with van der Waals surface area (Å²) >= 11 is 0. The third kappa shape index (κ3) is 1.96. The Morgan fingerprint density at radius 1 is 1.12 bits per heavy atom. The lowest BCUT2D eigenvalue weighted by Crippen LogP contribution is -2.39. The van der Waals surface area contributed by atoms with Crippen LogP contribution in [0.3, 0.4) is 0 Å². The average Bonchev–Trinajstić information content (AvgIpc) is 2.61. The van der Waals surface area contributed by atoms with Crippen LogP contribution in [0.1, 0.15) is 0 Å². The lowest BCUT2D eigenvalue weighted by molar-refractivity contribution is 0.493. The predicted octanol–water partition coefficient (Wildman–Crippen LogP) is 2.14. The van der Waals surface area contributed by atoms with Crippen LogP contribution in [0.15, 0.2) is 36.4 Å². The number of hydrogen-bond acceptors (Lipinski definition) is 1. The maximum atomic E-state index is 12.6. The zero-order valence-corrected chi connectivity index (χ0v) is 8.57. The Balaban J connectivity index is 2.47. The molecule has 0 fully saturated rings. The molecule has 0 N–H and O–H groups in total. The van der Waals surface area contributed by atoms with E-state index >= 15 is 0 Å². The van der Waals surface area contributed by atoms with Crippen LogP contribution < -0.4 is 5.59 Å². The number of hydrogen-bond donors (Lipinski definition) is 0. The smallest absolute Gasteiger partial charge is 0.444 e. The Hall–Kier alpha value is -1.72. The van der Waals surface area contributed by atoms with Gasteiger partial charge in [0.25, 0.3) is 0 Å². The van der Waals surface area contributed by atoms with Gasteiger partial charge >= 0.3 is 6.98 Å². The van der Waals surface area contributed by atoms with Gasteiger partial charge in [-0.3, -0.25) is 0 Å².